The second-order valence-corrected chi connectivity index (χ2v) is 10.6. The molecule has 0 spiro atoms. The fourth-order valence-electron chi connectivity index (χ4n) is 3.76. The summed E-state index contributed by atoms with van der Waals surface area (Å²) < 4.78 is 67.9. The Morgan fingerprint density at radius 2 is 1.93 bits per heavy atom. The van der Waals surface area contributed by atoms with Crippen LogP contribution < -0.4 is 5.32 Å². The lowest BCUT2D eigenvalue weighted by Crippen LogP contribution is -2.41. The number of nitrogens with zero attached hydrogens (tertiary/aromatic N) is 3. The van der Waals surface area contributed by atoms with Crippen LogP contribution in [0.5, 0.6) is 0 Å². The van der Waals surface area contributed by atoms with Crippen LogP contribution in [0.25, 0.3) is 0 Å². The Morgan fingerprint density at radius 1 is 1.26 bits per heavy atom. The van der Waals surface area contributed by atoms with Gasteiger partial charge in [0.25, 0.3) is 0 Å². The number of rotatable bonds is 4. The van der Waals surface area contributed by atoms with Crippen molar-refractivity contribution in [2.45, 2.75) is 70.0 Å². The maximum atomic E-state index is 13.6. The van der Waals surface area contributed by atoms with Crippen molar-refractivity contribution in [1.82, 2.24) is 14.1 Å². The summed E-state index contributed by atoms with van der Waals surface area (Å²) in [6, 6.07) is -0.287. The average Bonchev–Trinajstić information content (AvgIpc) is 3.19. The van der Waals surface area contributed by atoms with Crippen LogP contribution in [-0.4, -0.2) is 53.1 Å². The molecular weight excluding hydrogens is 381 g/mol. The highest BCUT2D eigenvalue weighted by atomic mass is 32.2. The molecule has 1 aromatic heterocycles. The van der Waals surface area contributed by atoms with Crippen LogP contribution in [0.15, 0.2) is 6.07 Å². The van der Waals surface area contributed by atoms with Gasteiger partial charge < -0.3 is 5.32 Å². The maximum absolute atomic E-state index is 13.6. The molecule has 154 valence electrons. The van der Waals surface area contributed by atoms with Gasteiger partial charge in [0.1, 0.15) is 5.82 Å². The zero-order chi connectivity index (χ0) is 20.1. The monoisotopic (exact) mass is 408 g/mol. The lowest BCUT2D eigenvalue weighted by atomic mass is 9.94. The van der Waals surface area contributed by atoms with Gasteiger partial charge in [0, 0.05) is 31.1 Å². The first-order valence-corrected chi connectivity index (χ1v) is 10.8. The van der Waals surface area contributed by atoms with Crippen molar-refractivity contribution in [3.63, 3.8) is 0 Å². The molecule has 0 saturated carbocycles. The summed E-state index contributed by atoms with van der Waals surface area (Å²) in [7, 11) is -3.37. The van der Waals surface area contributed by atoms with Crippen LogP contribution in [-0.2, 0) is 10.0 Å². The third-order valence-electron chi connectivity index (χ3n) is 5.57. The summed E-state index contributed by atoms with van der Waals surface area (Å²) in [4.78, 5) is 0. The number of alkyl halides is 3. The molecule has 1 N–H and O–H groups in total. The van der Waals surface area contributed by atoms with Gasteiger partial charge in [0.05, 0.1) is 10.9 Å². The molecule has 27 heavy (non-hydrogen) atoms. The predicted molar refractivity (Wildman–Crippen MR) is 97.2 cm³/mol. The van der Waals surface area contributed by atoms with Gasteiger partial charge in [-0.15, -0.1) is 0 Å². The lowest BCUT2D eigenvalue weighted by Gasteiger charge is -2.35. The van der Waals surface area contributed by atoms with Gasteiger partial charge in [-0.25, -0.2) is 17.4 Å². The van der Waals surface area contributed by atoms with Crippen LogP contribution in [0.1, 0.15) is 58.2 Å². The van der Waals surface area contributed by atoms with E-state index in [0.717, 1.165) is 4.68 Å². The average molecular weight is 408 g/mol. The van der Waals surface area contributed by atoms with Gasteiger partial charge in [-0.3, -0.25) is 0 Å². The summed E-state index contributed by atoms with van der Waals surface area (Å²) in [6.45, 7) is 7.68. The van der Waals surface area contributed by atoms with Gasteiger partial charge in [-0.2, -0.15) is 18.3 Å². The minimum absolute atomic E-state index is 0.0557. The van der Waals surface area contributed by atoms with Crippen LogP contribution in [0, 0.1) is 5.92 Å². The van der Waals surface area contributed by atoms with Crippen molar-refractivity contribution in [1.29, 1.82) is 0 Å². The van der Waals surface area contributed by atoms with E-state index >= 15 is 0 Å². The molecule has 1 unspecified atom stereocenters. The molecule has 2 aliphatic rings. The van der Waals surface area contributed by atoms with Crippen molar-refractivity contribution < 1.29 is 21.6 Å². The standard InChI is InChI=1S/C17H27F3N4O2S/c1-10(2)13-7-15(17(18,19)20)24-16(21-13)8-14(22-24)12-5-6-23(9-12)27(25,26)11(3)4/h8,10-13,15,21H,5-7,9H2,1-4H3/t12?,13-,15+/m0/s1. The molecule has 1 saturated heterocycles. The summed E-state index contributed by atoms with van der Waals surface area (Å²) in [6.07, 6.45) is -3.88. The van der Waals surface area contributed by atoms with Gasteiger partial charge >= 0.3 is 6.18 Å². The number of hydrogen-bond acceptors (Lipinski definition) is 4. The van der Waals surface area contributed by atoms with E-state index in [4.69, 9.17) is 0 Å². The van der Waals surface area contributed by atoms with Crippen molar-refractivity contribution in [2.75, 3.05) is 18.4 Å². The Hall–Kier alpha value is -1.29. The molecule has 3 heterocycles. The molecular formula is C17H27F3N4O2S. The molecule has 6 nitrogen and oxygen atoms in total. The van der Waals surface area contributed by atoms with Crippen LogP contribution in [0.2, 0.25) is 0 Å². The molecule has 0 aliphatic carbocycles. The molecule has 1 aromatic rings. The van der Waals surface area contributed by atoms with Gasteiger partial charge in [0.15, 0.2) is 6.04 Å². The highest BCUT2D eigenvalue weighted by Crippen LogP contribution is 2.42. The highest BCUT2D eigenvalue weighted by molar-refractivity contribution is 7.89. The molecule has 3 atom stereocenters. The van der Waals surface area contributed by atoms with Crippen molar-refractivity contribution in [3.05, 3.63) is 11.8 Å². The summed E-state index contributed by atoms with van der Waals surface area (Å²) in [5.74, 6) is 0.229. The van der Waals surface area contributed by atoms with E-state index in [9.17, 15) is 21.6 Å². The zero-order valence-corrected chi connectivity index (χ0v) is 16.8. The van der Waals surface area contributed by atoms with Crippen LogP contribution in [0.4, 0.5) is 19.0 Å². The van der Waals surface area contributed by atoms with E-state index in [2.05, 4.69) is 10.4 Å². The topological polar surface area (TPSA) is 67.2 Å². The molecule has 0 aromatic carbocycles. The van der Waals surface area contributed by atoms with E-state index in [0.29, 0.717) is 24.5 Å². The van der Waals surface area contributed by atoms with E-state index in [1.54, 1.807) is 19.9 Å². The van der Waals surface area contributed by atoms with E-state index in [1.807, 2.05) is 13.8 Å². The summed E-state index contributed by atoms with van der Waals surface area (Å²) in [5.41, 5.74) is 0.526. The molecule has 0 radical (unpaired) electrons. The first-order valence-electron chi connectivity index (χ1n) is 9.33. The third-order valence-corrected chi connectivity index (χ3v) is 7.81. The van der Waals surface area contributed by atoms with Crippen molar-refractivity contribution in [2.24, 2.45) is 5.92 Å². The van der Waals surface area contributed by atoms with Gasteiger partial charge in [-0.05, 0) is 32.6 Å². The molecule has 2 aliphatic heterocycles. The summed E-state index contributed by atoms with van der Waals surface area (Å²) >= 11 is 0. The van der Waals surface area contributed by atoms with Crippen molar-refractivity contribution in [3.8, 4) is 0 Å². The molecule has 0 amide bonds. The van der Waals surface area contributed by atoms with Gasteiger partial charge in [-0.1, -0.05) is 13.8 Å². The number of sulfonamides is 1. The minimum Gasteiger partial charge on any atom is -0.367 e. The SMILES string of the molecule is CC(C)[C@@H]1C[C@H](C(F)(F)F)n2nc(C3CCN(S(=O)(=O)C(C)C)C3)cc2N1. The van der Waals surface area contributed by atoms with E-state index in [1.165, 1.54) is 4.31 Å². The first-order chi connectivity index (χ1) is 12.4. The second-order valence-electron chi connectivity index (χ2n) is 8.12. The van der Waals surface area contributed by atoms with Crippen LogP contribution >= 0.6 is 0 Å². The largest absolute Gasteiger partial charge is 0.410 e. The first kappa shape index (κ1) is 20.4. The second kappa shape index (κ2) is 6.95. The Bertz CT molecular complexity index is 789. The molecule has 1 fully saturated rings. The Labute approximate surface area is 158 Å². The van der Waals surface area contributed by atoms with E-state index in [-0.39, 0.29) is 30.8 Å². The molecule has 0 bridgehead atoms. The minimum atomic E-state index is -4.38. The summed E-state index contributed by atoms with van der Waals surface area (Å²) in [5, 5.41) is 6.90. The maximum Gasteiger partial charge on any atom is 0.410 e. The van der Waals surface area contributed by atoms with Crippen LogP contribution in [0.3, 0.4) is 0 Å². The predicted octanol–water partition coefficient (Wildman–Crippen LogP) is 3.35. The fourth-order valence-corrected chi connectivity index (χ4v) is 5.10. The molecule has 3 rings (SSSR count). The Morgan fingerprint density at radius 3 is 2.48 bits per heavy atom. The van der Waals surface area contributed by atoms with E-state index < -0.39 is 27.5 Å². The van der Waals surface area contributed by atoms with Gasteiger partial charge in [0.2, 0.25) is 10.0 Å². The fraction of sp³-hybridized carbons (Fsp3) is 0.824. The number of nitrogens with one attached hydrogen (secondary N) is 1. The number of aromatic nitrogens is 2. The quantitative estimate of drug-likeness (QED) is 0.830. The third kappa shape index (κ3) is 3.83. The number of fused-ring (bicyclic) bond motifs is 1. The zero-order valence-electron chi connectivity index (χ0n) is 16.0. The smallest absolute Gasteiger partial charge is 0.367 e. The lowest BCUT2D eigenvalue weighted by molar-refractivity contribution is -0.174. The molecule has 10 heteroatoms. The normalized spacial score (nSPS) is 27.2. The number of anilines is 1. The highest BCUT2D eigenvalue weighted by Gasteiger charge is 2.47. The Kier molecular flexibility index (Phi) is 5.26. The Balaban J connectivity index is 1.87. The number of halogens is 3. The number of hydrogen-bond donors (Lipinski definition) is 1. The van der Waals surface area contributed by atoms with Crippen molar-refractivity contribution >= 4 is 15.8 Å².